The van der Waals surface area contributed by atoms with E-state index in [1.165, 1.54) is 0 Å². The van der Waals surface area contributed by atoms with Crippen LogP contribution in [-0.2, 0) is 9.59 Å². The summed E-state index contributed by atoms with van der Waals surface area (Å²) in [5, 5.41) is 4.21. The van der Waals surface area contributed by atoms with Crippen molar-refractivity contribution in [2.75, 3.05) is 26.2 Å². The highest BCUT2D eigenvalue weighted by Crippen LogP contribution is 2.40. The van der Waals surface area contributed by atoms with Gasteiger partial charge in [0, 0.05) is 63.4 Å². The number of nitrogens with zero attached hydrogens (tertiary/aromatic N) is 5. The molecule has 0 aliphatic carbocycles. The van der Waals surface area contributed by atoms with Gasteiger partial charge in [0.15, 0.2) is 0 Å². The molecule has 2 atom stereocenters. The Morgan fingerprint density at radius 3 is 2.47 bits per heavy atom. The Hall–Kier alpha value is -3.55. The van der Waals surface area contributed by atoms with Gasteiger partial charge in [0.05, 0.1) is 5.92 Å². The summed E-state index contributed by atoms with van der Waals surface area (Å²) < 4.78 is 5.71. The van der Waals surface area contributed by atoms with Crippen molar-refractivity contribution in [3.05, 3.63) is 66.3 Å². The highest BCUT2D eigenvalue weighted by Gasteiger charge is 2.41. The zero-order chi connectivity index (χ0) is 23.5. The van der Waals surface area contributed by atoms with Gasteiger partial charge in [0.25, 0.3) is 0 Å². The van der Waals surface area contributed by atoms with Crippen molar-refractivity contribution in [2.45, 2.75) is 38.0 Å². The van der Waals surface area contributed by atoms with Crippen molar-refractivity contribution in [1.29, 1.82) is 0 Å². The van der Waals surface area contributed by atoms with Gasteiger partial charge >= 0.3 is 0 Å². The first kappa shape index (κ1) is 22.3. The molecule has 1 aromatic carbocycles. The van der Waals surface area contributed by atoms with E-state index in [4.69, 9.17) is 9.51 Å². The molecule has 8 heteroatoms. The van der Waals surface area contributed by atoms with Gasteiger partial charge < -0.3 is 14.3 Å². The number of pyridine rings is 1. The van der Waals surface area contributed by atoms with E-state index in [1.54, 1.807) is 13.1 Å². The lowest BCUT2D eigenvalue weighted by atomic mass is 9.90. The van der Waals surface area contributed by atoms with Crippen molar-refractivity contribution >= 4 is 11.8 Å². The minimum Gasteiger partial charge on any atom is -0.343 e. The van der Waals surface area contributed by atoms with Crippen molar-refractivity contribution in [3.8, 4) is 11.4 Å². The molecule has 0 saturated carbocycles. The first-order valence-corrected chi connectivity index (χ1v) is 11.9. The van der Waals surface area contributed by atoms with Crippen LogP contribution in [0.5, 0.6) is 0 Å². The van der Waals surface area contributed by atoms with Crippen LogP contribution in [0.25, 0.3) is 11.4 Å². The number of benzene rings is 1. The second-order valence-corrected chi connectivity index (χ2v) is 9.27. The Kier molecular flexibility index (Phi) is 6.38. The van der Waals surface area contributed by atoms with E-state index in [0.29, 0.717) is 37.1 Å². The summed E-state index contributed by atoms with van der Waals surface area (Å²) in [5.41, 5.74) is 1.97. The monoisotopic (exact) mass is 459 g/mol. The number of aromatic nitrogens is 3. The molecule has 0 N–H and O–H groups in total. The molecule has 2 amide bonds. The highest BCUT2D eigenvalue weighted by atomic mass is 16.5. The summed E-state index contributed by atoms with van der Waals surface area (Å²) in [6.45, 7) is 4.22. The summed E-state index contributed by atoms with van der Waals surface area (Å²) in [4.78, 5) is 37.7. The Labute approximate surface area is 199 Å². The molecule has 0 radical (unpaired) electrons. The molecule has 176 valence electrons. The zero-order valence-electron chi connectivity index (χ0n) is 19.3. The van der Waals surface area contributed by atoms with Crippen molar-refractivity contribution in [2.24, 2.45) is 5.92 Å². The van der Waals surface area contributed by atoms with Gasteiger partial charge in [-0.3, -0.25) is 14.6 Å². The SMILES string of the molecule is CC(=O)N1CCC(CC(=O)N2C[C@@H](c3cccnc3)[C@H](c3nc(-c4ccccc4)no3)C2)CC1. The van der Waals surface area contributed by atoms with E-state index in [-0.39, 0.29) is 23.7 Å². The van der Waals surface area contributed by atoms with Gasteiger partial charge in [-0.1, -0.05) is 41.6 Å². The van der Waals surface area contributed by atoms with Crippen LogP contribution in [0, 0.1) is 5.92 Å². The molecular formula is C26H29N5O3. The number of likely N-dealkylation sites (tertiary alicyclic amines) is 2. The zero-order valence-corrected chi connectivity index (χ0v) is 19.3. The fourth-order valence-electron chi connectivity index (χ4n) is 5.11. The van der Waals surface area contributed by atoms with E-state index < -0.39 is 0 Å². The smallest absolute Gasteiger partial charge is 0.232 e. The molecule has 2 saturated heterocycles. The predicted octanol–water partition coefficient (Wildman–Crippen LogP) is 3.49. The summed E-state index contributed by atoms with van der Waals surface area (Å²) in [6, 6.07) is 13.7. The van der Waals surface area contributed by atoms with Crippen LogP contribution in [0.3, 0.4) is 0 Å². The van der Waals surface area contributed by atoms with Gasteiger partial charge in [0.1, 0.15) is 0 Å². The maximum atomic E-state index is 13.3. The lowest BCUT2D eigenvalue weighted by Gasteiger charge is -2.31. The van der Waals surface area contributed by atoms with Crippen molar-refractivity contribution < 1.29 is 14.1 Å². The van der Waals surface area contributed by atoms with E-state index in [0.717, 1.165) is 37.1 Å². The van der Waals surface area contributed by atoms with E-state index >= 15 is 0 Å². The van der Waals surface area contributed by atoms with Gasteiger partial charge in [-0.05, 0) is 30.4 Å². The van der Waals surface area contributed by atoms with Crippen LogP contribution in [0.15, 0.2) is 59.4 Å². The molecule has 2 aliphatic heterocycles. The molecule has 2 aliphatic rings. The minimum atomic E-state index is -0.0855. The molecule has 5 rings (SSSR count). The predicted molar refractivity (Wildman–Crippen MR) is 126 cm³/mol. The molecule has 0 bridgehead atoms. The maximum Gasteiger partial charge on any atom is 0.232 e. The van der Waals surface area contributed by atoms with Crippen LogP contribution in [0.1, 0.15) is 49.5 Å². The first-order valence-electron chi connectivity index (χ1n) is 11.9. The Balaban J connectivity index is 1.32. The Bertz CT molecular complexity index is 1130. The summed E-state index contributed by atoms with van der Waals surface area (Å²) in [6.07, 6.45) is 5.87. The maximum absolute atomic E-state index is 13.3. The standard InChI is InChI=1S/C26H29N5O3/c1-18(32)30-12-9-19(10-13-30)14-24(33)31-16-22(21-8-5-11-27-15-21)23(17-31)26-28-25(29-34-26)20-6-3-2-4-7-20/h2-8,11,15,19,22-23H,9-10,12-14,16-17H2,1H3/t22-,23+/m0/s1. The second kappa shape index (κ2) is 9.75. The fraction of sp³-hybridized carbons (Fsp3) is 0.423. The number of amides is 2. The first-order chi connectivity index (χ1) is 16.6. The van der Waals surface area contributed by atoms with Crippen LogP contribution in [0.4, 0.5) is 0 Å². The van der Waals surface area contributed by atoms with E-state index in [2.05, 4.69) is 10.1 Å². The molecule has 2 fully saturated rings. The average Bonchev–Trinajstić information content (AvgIpc) is 3.53. The van der Waals surface area contributed by atoms with Gasteiger partial charge in [-0.2, -0.15) is 4.98 Å². The number of hydrogen-bond donors (Lipinski definition) is 0. The topological polar surface area (TPSA) is 92.4 Å². The molecule has 4 heterocycles. The van der Waals surface area contributed by atoms with Gasteiger partial charge in [0.2, 0.25) is 23.5 Å². The Morgan fingerprint density at radius 1 is 1.00 bits per heavy atom. The number of carbonyl (C=O) groups is 2. The third-order valence-electron chi connectivity index (χ3n) is 7.10. The van der Waals surface area contributed by atoms with Crippen LogP contribution in [0.2, 0.25) is 0 Å². The van der Waals surface area contributed by atoms with Crippen molar-refractivity contribution in [3.63, 3.8) is 0 Å². The number of hydrogen-bond acceptors (Lipinski definition) is 6. The fourth-order valence-corrected chi connectivity index (χ4v) is 5.11. The molecule has 0 spiro atoms. The summed E-state index contributed by atoms with van der Waals surface area (Å²) >= 11 is 0. The summed E-state index contributed by atoms with van der Waals surface area (Å²) in [5.74, 6) is 1.65. The second-order valence-electron chi connectivity index (χ2n) is 9.27. The molecule has 0 unspecified atom stereocenters. The summed E-state index contributed by atoms with van der Waals surface area (Å²) in [7, 11) is 0. The van der Waals surface area contributed by atoms with Crippen molar-refractivity contribution in [1.82, 2.24) is 24.9 Å². The molecular weight excluding hydrogens is 430 g/mol. The lowest BCUT2D eigenvalue weighted by molar-refractivity contribution is -0.132. The molecule has 34 heavy (non-hydrogen) atoms. The number of piperidine rings is 1. The van der Waals surface area contributed by atoms with Gasteiger partial charge in [-0.15, -0.1) is 0 Å². The normalized spacial score (nSPS) is 21.1. The quantitative estimate of drug-likeness (QED) is 0.580. The van der Waals surface area contributed by atoms with Crippen LogP contribution >= 0.6 is 0 Å². The number of rotatable bonds is 5. The lowest BCUT2D eigenvalue weighted by Crippen LogP contribution is -2.39. The van der Waals surface area contributed by atoms with Crippen LogP contribution < -0.4 is 0 Å². The average molecular weight is 460 g/mol. The number of carbonyl (C=O) groups excluding carboxylic acids is 2. The third kappa shape index (κ3) is 4.71. The van der Waals surface area contributed by atoms with E-state index in [1.807, 2.05) is 58.5 Å². The van der Waals surface area contributed by atoms with E-state index in [9.17, 15) is 9.59 Å². The molecule has 8 nitrogen and oxygen atoms in total. The molecule has 3 aromatic rings. The Morgan fingerprint density at radius 2 is 1.76 bits per heavy atom. The van der Waals surface area contributed by atoms with Crippen LogP contribution in [-0.4, -0.2) is 62.9 Å². The highest BCUT2D eigenvalue weighted by molar-refractivity contribution is 5.77. The largest absolute Gasteiger partial charge is 0.343 e. The van der Waals surface area contributed by atoms with Gasteiger partial charge in [-0.25, -0.2) is 0 Å². The third-order valence-corrected chi connectivity index (χ3v) is 7.10. The molecule has 2 aromatic heterocycles. The minimum absolute atomic E-state index is 0.0429.